The minimum Gasteiger partial charge on any atom is -0.309 e. The molecule has 3 heteroatoms. The van der Waals surface area contributed by atoms with Crippen LogP contribution < -0.4 is 0 Å². The molecule has 9 rings (SSSR count). The number of fused-ring (bicyclic) bond motifs is 7. The Morgan fingerprint density at radius 3 is 1.62 bits per heavy atom. The van der Waals surface area contributed by atoms with Gasteiger partial charge in [0.25, 0.3) is 0 Å². The Hall–Kier alpha value is -5.67. The van der Waals surface area contributed by atoms with Gasteiger partial charge in [0.2, 0.25) is 0 Å². The van der Waals surface area contributed by atoms with E-state index in [0.29, 0.717) is 0 Å². The van der Waals surface area contributed by atoms with Gasteiger partial charge in [0, 0.05) is 50.9 Å². The minimum atomic E-state index is 1.11. The zero-order chi connectivity index (χ0) is 27.6. The molecule has 9 aromatic rings. The zero-order valence-electron chi connectivity index (χ0n) is 22.8. The second kappa shape index (κ2) is 8.92. The highest BCUT2D eigenvalue weighted by molar-refractivity contribution is 6.18. The lowest BCUT2D eigenvalue weighted by atomic mass is 10.0. The molecule has 0 amide bonds. The fraction of sp³-hybridized carbons (Fsp3) is 0. The molecule has 0 saturated carbocycles. The Labute approximate surface area is 242 Å². The maximum absolute atomic E-state index is 4.35. The zero-order valence-corrected chi connectivity index (χ0v) is 22.8. The lowest BCUT2D eigenvalue weighted by Gasteiger charge is -2.11. The quantitative estimate of drug-likeness (QED) is 0.221. The maximum atomic E-state index is 4.35. The first-order valence-corrected chi connectivity index (χ1v) is 14.3. The Morgan fingerprint density at radius 1 is 0.381 bits per heavy atom. The van der Waals surface area contributed by atoms with Crippen LogP contribution in [0.3, 0.4) is 0 Å². The summed E-state index contributed by atoms with van der Waals surface area (Å²) in [5.41, 5.74) is 9.43. The van der Waals surface area contributed by atoms with Gasteiger partial charge in [-0.15, -0.1) is 0 Å². The Balaban J connectivity index is 1.36. The first-order chi connectivity index (χ1) is 20.8. The monoisotopic (exact) mass is 535 g/mol. The summed E-state index contributed by atoms with van der Waals surface area (Å²) in [5.74, 6) is 0. The fourth-order valence-electron chi connectivity index (χ4n) is 6.67. The fourth-order valence-corrected chi connectivity index (χ4v) is 6.67. The number of nitrogens with zero attached hydrogens (tertiary/aromatic N) is 3. The summed E-state index contributed by atoms with van der Waals surface area (Å²) in [7, 11) is 0. The van der Waals surface area contributed by atoms with Crippen LogP contribution in [-0.2, 0) is 0 Å². The van der Waals surface area contributed by atoms with Crippen molar-refractivity contribution in [1.29, 1.82) is 0 Å². The molecule has 3 nitrogen and oxygen atoms in total. The van der Waals surface area contributed by atoms with Crippen LogP contribution in [0.1, 0.15) is 0 Å². The molecule has 0 aliphatic heterocycles. The summed E-state index contributed by atoms with van der Waals surface area (Å²) in [6, 6.07) is 50.5. The van der Waals surface area contributed by atoms with Gasteiger partial charge in [-0.3, -0.25) is 4.98 Å². The summed E-state index contributed by atoms with van der Waals surface area (Å²) >= 11 is 0. The molecule has 0 atom stereocenters. The van der Waals surface area contributed by atoms with Crippen LogP contribution >= 0.6 is 0 Å². The van der Waals surface area contributed by atoms with Crippen LogP contribution in [0.15, 0.2) is 152 Å². The van der Waals surface area contributed by atoms with E-state index in [1.807, 2.05) is 18.5 Å². The van der Waals surface area contributed by atoms with Crippen molar-refractivity contribution in [3.05, 3.63) is 152 Å². The lowest BCUT2D eigenvalue weighted by molar-refractivity contribution is 1.18. The molecular formula is C39H25N3. The highest BCUT2D eigenvalue weighted by Gasteiger charge is 2.17. The van der Waals surface area contributed by atoms with E-state index in [1.165, 1.54) is 60.1 Å². The van der Waals surface area contributed by atoms with Crippen molar-refractivity contribution in [2.75, 3.05) is 0 Å². The van der Waals surface area contributed by atoms with Gasteiger partial charge in [-0.1, -0.05) is 72.8 Å². The van der Waals surface area contributed by atoms with Crippen molar-refractivity contribution in [1.82, 2.24) is 14.1 Å². The van der Waals surface area contributed by atoms with Crippen molar-refractivity contribution in [2.24, 2.45) is 0 Å². The van der Waals surface area contributed by atoms with Gasteiger partial charge in [0.05, 0.1) is 22.1 Å². The average Bonchev–Trinajstić information content (AvgIpc) is 3.55. The summed E-state index contributed by atoms with van der Waals surface area (Å²) in [6.07, 6.45) is 3.75. The van der Waals surface area contributed by atoms with Crippen LogP contribution in [0.25, 0.3) is 76.9 Å². The minimum absolute atomic E-state index is 1.11. The van der Waals surface area contributed by atoms with E-state index in [2.05, 4.69) is 148 Å². The molecule has 0 saturated heterocycles. The first-order valence-electron chi connectivity index (χ1n) is 14.3. The van der Waals surface area contributed by atoms with E-state index in [4.69, 9.17) is 0 Å². The largest absolute Gasteiger partial charge is 0.309 e. The average molecular weight is 536 g/mol. The predicted molar refractivity (Wildman–Crippen MR) is 176 cm³/mol. The number of para-hydroxylation sites is 3. The second-order valence-electron chi connectivity index (χ2n) is 10.9. The molecule has 0 radical (unpaired) electrons. The SMILES string of the molecule is c1ccc(-n2c3ccccc3c3cc4cc5c6ccccc6n(-c6cccc(-c7cccnc7)c6)c5cc4cc32)cc1. The number of hydrogen-bond acceptors (Lipinski definition) is 1. The smallest absolute Gasteiger partial charge is 0.0547 e. The highest BCUT2D eigenvalue weighted by Crippen LogP contribution is 2.39. The van der Waals surface area contributed by atoms with Crippen LogP contribution in [0.5, 0.6) is 0 Å². The van der Waals surface area contributed by atoms with Crippen LogP contribution in [0, 0.1) is 0 Å². The van der Waals surface area contributed by atoms with E-state index in [0.717, 1.165) is 16.8 Å². The molecule has 0 aliphatic carbocycles. The molecule has 3 heterocycles. The van der Waals surface area contributed by atoms with E-state index in [1.54, 1.807) is 0 Å². The van der Waals surface area contributed by atoms with Gasteiger partial charge in [-0.05, 0) is 83.1 Å². The van der Waals surface area contributed by atoms with Crippen molar-refractivity contribution in [3.8, 4) is 22.5 Å². The molecule has 0 bridgehead atoms. The van der Waals surface area contributed by atoms with E-state index in [-0.39, 0.29) is 0 Å². The molecular weight excluding hydrogens is 510 g/mol. The van der Waals surface area contributed by atoms with Crippen LogP contribution in [-0.4, -0.2) is 14.1 Å². The number of hydrogen-bond donors (Lipinski definition) is 0. The Morgan fingerprint density at radius 2 is 0.952 bits per heavy atom. The first kappa shape index (κ1) is 23.1. The third-order valence-electron chi connectivity index (χ3n) is 8.54. The Kier molecular flexibility index (Phi) is 4.90. The van der Waals surface area contributed by atoms with Gasteiger partial charge >= 0.3 is 0 Å². The van der Waals surface area contributed by atoms with Gasteiger partial charge in [-0.25, -0.2) is 0 Å². The summed E-state index contributed by atoms with van der Waals surface area (Å²) < 4.78 is 4.79. The summed E-state index contributed by atoms with van der Waals surface area (Å²) in [5, 5.41) is 7.53. The van der Waals surface area contributed by atoms with Gasteiger partial charge in [0.15, 0.2) is 0 Å². The molecule has 6 aromatic carbocycles. The molecule has 196 valence electrons. The summed E-state index contributed by atoms with van der Waals surface area (Å²) in [4.78, 5) is 4.35. The molecule has 0 unspecified atom stereocenters. The predicted octanol–water partition coefficient (Wildman–Crippen LogP) is 10.1. The Bertz CT molecular complexity index is 2450. The topological polar surface area (TPSA) is 22.8 Å². The third kappa shape index (κ3) is 3.37. The van der Waals surface area contributed by atoms with E-state index in [9.17, 15) is 0 Å². The lowest BCUT2D eigenvalue weighted by Crippen LogP contribution is -1.95. The van der Waals surface area contributed by atoms with Crippen molar-refractivity contribution in [2.45, 2.75) is 0 Å². The second-order valence-corrected chi connectivity index (χ2v) is 10.9. The van der Waals surface area contributed by atoms with Crippen LogP contribution in [0.2, 0.25) is 0 Å². The number of aromatic nitrogens is 3. The molecule has 42 heavy (non-hydrogen) atoms. The molecule has 0 fully saturated rings. The van der Waals surface area contributed by atoms with E-state index < -0.39 is 0 Å². The summed E-state index contributed by atoms with van der Waals surface area (Å²) in [6.45, 7) is 0. The maximum Gasteiger partial charge on any atom is 0.0547 e. The third-order valence-corrected chi connectivity index (χ3v) is 8.54. The molecule has 0 N–H and O–H groups in total. The van der Waals surface area contributed by atoms with E-state index >= 15 is 0 Å². The van der Waals surface area contributed by atoms with Crippen molar-refractivity contribution >= 4 is 54.4 Å². The number of benzene rings is 6. The van der Waals surface area contributed by atoms with Crippen molar-refractivity contribution in [3.63, 3.8) is 0 Å². The molecule has 0 aliphatic rings. The molecule has 3 aromatic heterocycles. The van der Waals surface area contributed by atoms with Gasteiger partial charge < -0.3 is 9.13 Å². The van der Waals surface area contributed by atoms with Gasteiger partial charge in [0.1, 0.15) is 0 Å². The van der Waals surface area contributed by atoms with Gasteiger partial charge in [-0.2, -0.15) is 0 Å². The highest BCUT2D eigenvalue weighted by atomic mass is 15.0. The number of rotatable bonds is 3. The van der Waals surface area contributed by atoms with Crippen molar-refractivity contribution < 1.29 is 0 Å². The van der Waals surface area contributed by atoms with Crippen LogP contribution in [0.4, 0.5) is 0 Å². The molecule has 0 spiro atoms. The number of pyridine rings is 1. The normalized spacial score (nSPS) is 11.8. The standard InChI is InChI=1S/C39H25N3/c1-2-12-30(13-3-1)41-36-17-6-4-15-32(36)34-21-28-22-35-33-16-5-7-18-37(33)42(39(35)24-29(28)23-38(34)41)31-14-8-10-26(20-31)27-11-9-19-40-25-27/h1-25H.